The lowest BCUT2D eigenvalue weighted by atomic mass is 9.84. The summed E-state index contributed by atoms with van der Waals surface area (Å²) in [6.45, 7) is 4.05. The lowest BCUT2D eigenvalue weighted by Gasteiger charge is -2.26. The van der Waals surface area contributed by atoms with Crippen LogP contribution in [-0.2, 0) is 10.2 Å². The Balaban J connectivity index is 1.61. The molecule has 1 aromatic rings. The Morgan fingerprint density at radius 1 is 1.39 bits per heavy atom. The molecular formula is C16H20F2N2O3. The van der Waals surface area contributed by atoms with Gasteiger partial charge in [0, 0.05) is 18.4 Å². The molecule has 2 N–H and O–H groups in total. The Labute approximate surface area is 133 Å². The van der Waals surface area contributed by atoms with Crippen LogP contribution in [0.25, 0.3) is 0 Å². The van der Waals surface area contributed by atoms with Gasteiger partial charge >= 0.3 is 0 Å². The van der Waals surface area contributed by atoms with Crippen LogP contribution in [0.1, 0.15) is 25.8 Å². The smallest absolute Gasteiger partial charge is 0.262 e. The van der Waals surface area contributed by atoms with Crippen LogP contribution >= 0.6 is 0 Å². The molecule has 1 fully saturated rings. The molecule has 0 aliphatic carbocycles. The fourth-order valence-corrected chi connectivity index (χ4v) is 2.75. The van der Waals surface area contributed by atoms with Crippen molar-refractivity contribution in [2.24, 2.45) is 0 Å². The molecule has 2 aliphatic heterocycles. The lowest BCUT2D eigenvalue weighted by Crippen LogP contribution is -2.45. The SMILES string of the molecule is CC(C)(CNC(=O)C1CC(F)(F)CN1)c1ccc2c(c1)OCO2. The largest absolute Gasteiger partial charge is 0.454 e. The minimum atomic E-state index is -2.81. The van der Waals surface area contributed by atoms with Crippen molar-refractivity contribution >= 4 is 5.91 Å². The number of carbonyl (C=O) groups is 1. The summed E-state index contributed by atoms with van der Waals surface area (Å²) in [7, 11) is 0. The molecule has 126 valence electrons. The number of fused-ring (bicyclic) bond motifs is 1. The van der Waals surface area contributed by atoms with Crippen LogP contribution in [0.5, 0.6) is 11.5 Å². The summed E-state index contributed by atoms with van der Waals surface area (Å²) in [5.41, 5.74) is 0.615. The van der Waals surface area contributed by atoms with Crippen molar-refractivity contribution in [2.75, 3.05) is 19.9 Å². The van der Waals surface area contributed by atoms with Crippen LogP contribution in [-0.4, -0.2) is 37.8 Å². The highest BCUT2D eigenvalue weighted by molar-refractivity contribution is 5.82. The molecule has 1 amide bonds. The summed E-state index contributed by atoms with van der Waals surface area (Å²) in [4.78, 5) is 12.0. The van der Waals surface area contributed by atoms with Gasteiger partial charge in [0.2, 0.25) is 12.7 Å². The molecule has 1 saturated heterocycles. The molecule has 0 aromatic heterocycles. The van der Waals surface area contributed by atoms with Crippen molar-refractivity contribution in [3.05, 3.63) is 23.8 Å². The van der Waals surface area contributed by atoms with Crippen molar-refractivity contribution in [3.8, 4) is 11.5 Å². The zero-order valence-electron chi connectivity index (χ0n) is 13.1. The second kappa shape index (κ2) is 5.63. The normalized spacial score (nSPS) is 22.2. The highest BCUT2D eigenvalue weighted by Crippen LogP contribution is 2.36. The number of carbonyl (C=O) groups excluding carboxylic acids is 1. The van der Waals surface area contributed by atoms with E-state index < -0.39 is 30.8 Å². The Morgan fingerprint density at radius 3 is 2.83 bits per heavy atom. The molecule has 0 saturated carbocycles. The van der Waals surface area contributed by atoms with Crippen LogP contribution in [0, 0.1) is 0 Å². The molecule has 2 aliphatic rings. The highest BCUT2D eigenvalue weighted by atomic mass is 19.3. The maximum atomic E-state index is 13.2. The van der Waals surface area contributed by atoms with Gasteiger partial charge in [-0.05, 0) is 17.7 Å². The number of amides is 1. The zero-order chi connectivity index (χ0) is 16.7. The van der Waals surface area contributed by atoms with E-state index in [-0.39, 0.29) is 12.2 Å². The number of hydrogen-bond acceptors (Lipinski definition) is 4. The van der Waals surface area contributed by atoms with Gasteiger partial charge in [-0.25, -0.2) is 8.78 Å². The van der Waals surface area contributed by atoms with E-state index in [1.54, 1.807) is 0 Å². The Bertz CT molecular complexity index is 619. The van der Waals surface area contributed by atoms with Crippen LogP contribution in [0.4, 0.5) is 8.78 Å². The number of benzene rings is 1. The van der Waals surface area contributed by atoms with Gasteiger partial charge in [-0.15, -0.1) is 0 Å². The van der Waals surface area contributed by atoms with Crippen molar-refractivity contribution in [1.82, 2.24) is 10.6 Å². The van der Waals surface area contributed by atoms with E-state index in [0.29, 0.717) is 18.0 Å². The number of hydrogen-bond donors (Lipinski definition) is 2. The van der Waals surface area contributed by atoms with Crippen molar-refractivity contribution in [1.29, 1.82) is 0 Å². The van der Waals surface area contributed by atoms with Gasteiger partial charge in [0.05, 0.1) is 12.6 Å². The molecule has 7 heteroatoms. The summed E-state index contributed by atoms with van der Waals surface area (Å²) in [6.07, 6.45) is -0.455. The third-order valence-electron chi connectivity index (χ3n) is 4.28. The van der Waals surface area contributed by atoms with Gasteiger partial charge in [0.1, 0.15) is 0 Å². The predicted molar refractivity (Wildman–Crippen MR) is 80.0 cm³/mol. The summed E-state index contributed by atoms with van der Waals surface area (Å²) in [5, 5.41) is 5.32. The Hall–Kier alpha value is -1.89. The minimum absolute atomic E-state index is 0.206. The molecule has 0 bridgehead atoms. The maximum Gasteiger partial charge on any atom is 0.262 e. The molecule has 1 aromatic carbocycles. The highest BCUT2D eigenvalue weighted by Gasteiger charge is 2.42. The summed E-state index contributed by atoms with van der Waals surface area (Å²) in [6, 6.07) is 4.80. The molecular weight excluding hydrogens is 306 g/mol. The van der Waals surface area contributed by atoms with Gasteiger partial charge in [-0.1, -0.05) is 19.9 Å². The van der Waals surface area contributed by atoms with Crippen molar-refractivity contribution in [2.45, 2.75) is 37.6 Å². The first kappa shape index (κ1) is 16.0. The summed E-state index contributed by atoms with van der Waals surface area (Å²) < 4.78 is 36.9. The van der Waals surface area contributed by atoms with E-state index in [2.05, 4.69) is 10.6 Å². The molecule has 0 radical (unpaired) electrons. The van der Waals surface area contributed by atoms with E-state index in [9.17, 15) is 13.6 Å². The number of halogens is 2. The molecule has 1 atom stereocenters. The van der Waals surface area contributed by atoms with E-state index >= 15 is 0 Å². The van der Waals surface area contributed by atoms with Gasteiger partial charge in [-0.3, -0.25) is 10.1 Å². The quantitative estimate of drug-likeness (QED) is 0.886. The lowest BCUT2D eigenvalue weighted by molar-refractivity contribution is -0.123. The molecule has 2 heterocycles. The molecule has 5 nitrogen and oxygen atoms in total. The fourth-order valence-electron chi connectivity index (χ4n) is 2.75. The van der Waals surface area contributed by atoms with Gasteiger partial charge < -0.3 is 14.8 Å². The standard InChI is InChI=1S/C16H20F2N2O3/c1-15(2,10-3-4-12-13(5-10)23-9-22-12)7-20-14(21)11-6-16(17,18)8-19-11/h3-5,11,19H,6-9H2,1-2H3,(H,20,21). The van der Waals surface area contributed by atoms with E-state index in [4.69, 9.17) is 9.47 Å². The number of nitrogens with one attached hydrogen (secondary N) is 2. The fraction of sp³-hybridized carbons (Fsp3) is 0.562. The first-order valence-electron chi connectivity index (χ1n) is 7.56. The Kier molecular flexibility index (Phi) is 3.91. The third-order valence-corrected chi connectivity index (χ3v) is 4.28. The van der Waals surface area contributed by atoms with Crippen LogP contribution in [0.15, 0.2) is 18.2 Å². The van der Waals surface area contributed by atoms with E-state index in [1.165, 1.54) is 0 Å². The second-order valence-electron chi connectivity index (χ2n) is 6.66. The van der Waals surface area contributed by atoms with Crippen LogP contribution < -0.4 is 20.1 Å². The van der Waals surface area contributed by atoms with Crippen molar-refractivity contribution < 1.29 is 23.0 Å². The van der Waals surface area contributed by atoms with Gasteiger partial charge in [0.15, 0.2) is 11.5 Å². The number of ether oxygens (including phenoxy) is 2. The first-order valence-corrected chi connectivity index (χ1v) is 7.56. The van der Waals surface area contributed by atoms with Crippen molar-refractivity contribution in [3.63, 3.8) is 0 Å². The summed E-state index contributed by atoms with van der Waals surface area (Å²) >= 11 is 0. The number of rotatable bonds is 4. The topological polar surface area (TPSA) is 59.6 Å². The molecule has 3 rings (SSSR count). The van der Waals surface area contributed by atoms with E-state index in [1.807, 2.05) is 32.0 Å². The van der Waals surface area contributed by atoms with Gasteiger partial charge in [-0.2, -0.15) is 0 Å². The molecule has 1 unspecified atom stereocenters. The average molecular weight is 326 g/mol. The molecule has 23 heavy (non-hydrogen) atoms. The summed E-state index contributed by atoms with van der Waals surface area (Å²) in [5.74, 6) is -1.82. The number of alkyl halides is 2. The van der Waals surface area contributed by atoms with Crippen LogP contribution in [0.2, 0.25) is 0 Å². The third kappa shape index (κ3) is 3.39. The average Bonchev–Trinajstić information content (AvgIpc) is 3.10. The maximum absolute atomic E-state index is 13.2. The van der Waals surface area contributed by atoms with Crippen LogP contribution in [0.3, 0.4) is 0 Å². The predicted octanol–water partition coefficient (Wildman–Crippen LogP) is 1.81. The van der Waals surface area contributed by atoms with E-state index in [0.717, 1.165) is 5.56 Å². The first-order chi connectivity index (χ1) is 10.8. The zero-order valence-corrected chi connectivity index (χ0v) is 13.1. The molecule has 0 spiro atoms. The Morgan fingerprint density at radius 2 is 2.13 bits per heavy atom. The minimum Gasteiger partial charge on any atom is -0.454 e. The monoisotopic (exact) mass is 326 g/mol. The van der Waals surface area contributed by atoms with Gasteiger partial charge in [0.25, 0.3) is 5.92 Å². The second-order valence-corrected chi connectivity index (χ2v) is 6.66.